The second-order valence-electron chi connectivity index (χ2n) is 6.09. The van der Waals surface area contributed by atoms with Crippen molar-refractivity contribution in [2.45, 2.75) is 65.6 Å². The molecule has 0 aromatic carbocycles. The molecule has 0 atom stereocenters. The standard InChI is InChI=1S/C15H27N3S/c1-11(2)15-13(9-16-12(3)4)19-14(17-15)10-18-7-5-6-8-18/h11-12,16H,5-10H2,1-4H3. The van der Waals surface area contributed by atoms with E-state index in [1.807, 2.05) is 11.3 Å². The van der Waals surface area contributed by atoms with Crippen molar-refractivity contribution in [1.82, 2.24) is 15.2 Å². The van der Waals surface area contributed by atoms with Crippen molar-refractivity contribution in [3.63, 3.8) is 0 Å². The van der Waals surface area contributed by atoms with E-state index in [0.717, 1.165) is 13.1 Å². The van der Waals surface area contributed by atoms with Crippen LogP contribution in [0.15, 0.2) is 0 Å². The number of hydrogen-bond acceptors (Lipinski definition) is 4. The van der Waals surface area contributed by atoms with Gasteiger partial charge in [-0.3, -0.25) is 4.90 Å². The van der Waals surface area contributed by atoms with Crippen LogP contribution in [0.4, 0.5) is 0 Å². The maximum atomic E-state index is 4.89. The number of thiazole rings is 1. The monoisotopic (exact) mass is 281 g/mol. The second-order valence-corrected chi connectivity index (χ2v) is 7.26. The third kappa shape index (κ3) is 4.26. The summed E-state index contributed by atoms with van der Waals surface area (Å²) in [5, 5.41) is 4.82. The number of hydrogen-bond donors (Lipinski definition) is 1. The molecule has 1 saturated heterocycles. The summed E-state index contributed by atoms with van der Waals surface area (Å²) in [5.74, 6) is 0.521. The molecule has 0 aliphatic carbocycles. The van der Waals surface area contributed by atoms with Gasteiger partial charge in [0.15, 0.2) is 0 Å². The number of rotatable bonds is 6. The third-order valence-electron chi connectivity index (χ3n) is 3.55. The first-order valence-corrected chi connectivity index (χ1v) is 8.32. The highest BCUT2D eigenvalue weighted by Gasteiger charge is 2.18. The normalized spacial score (nSPS) is 16.9. The van der Waals surface area contributed by atoms with Crippen LogP contribution in [0.2, 0.25) is 0 Å². The number of nitrogens with zero attached hydrogens (tertiary/aromatic N) is 2. The summed E-state index contributed by atoms with van der Waals surface area (Å²) >= 11 is 1.90. The van der Waals surface area contributed by atoms with Gasteiger partial charge in [0, 0.05) is 17.5 Å². The van der Waals surface area contributed by atoms with E-state index in [1.54, 1.807) is 0 Å². The lowest BCUT2D eigenvalue weighted by molar-refractivity contribution is 0.330. The Morgan fingerprint density at radius 3 is 2.47 bits per heavy atom. The van der Waals surface area contributed by atoms with Crippen LogP contribution in [-0.4, -0.2) is 29.0 Å². The minimum atomic E-state index is 0.521. The second kappa shape index (κ2) is 6.82. The Kier molecular flexibility index (Phi) is 5.37. The van der Waals surface area contributed by atoms with E-state index in [0.29, 0.717) is 12.0 Å². The fourth-order valence-electron chi connectivity index (χ4n) is 2.49. The summed E-state index contributed by atoms with van der Waals surface area (Å²) in [6.07, 6.45) is 2.70. The molecule has 1 fully saturated rings. The third-order valence-corrected chi connectivity index (χ3v) is 4.60. The van der Waals surface area contributed by atoms with Gasteiger partial charge in [-0.25, -0.2) is 4.98 Å². The largest absolute Gasteiger partial charge is 0.310 e. The van der Waals surface area contributed by atoms with Crippen LogP contribution in [-0.2, 0) is 13.1 Å². The molecular weight excluding hydrogens is 254 g/mol. The van der Waals surface area contributed by atoms with Crippen LogP contribution < -0.4 is 5.32 Å². The fraction of sp³-hybridized carbons (Fsp3) is 0.800. The first-order valence-electron chi connectivity index (χ1n) is 7.50. The molecule has 1 aliphatic heterocycles. The van der Waals surface area contributed by atoms with Crippen LogP contribution >= 0.6 is 11.3 Å². The first-order chi connectivity index (χ1) is 9.06. The SMILES string of the molecule is CC(C)NCc1sc(CN2CCCC2)nc1C(C)C. The summed E-state index contributed by atoms with van der Waals surface area (Å²) in [4.78, 5) is 8.85. The molecule has 2 rings (SSSR count). The maximum absolute atomic E-state index is 4.89. The van der Waals surface area contributed by atoms with Crippen LogP contribution in [0.1, 0.15) is 62.0 Å². The number of aromatic nitrogens is 1. The van der Waals surface area contributed by atoms with Gasteiger partial charge in [0.05, 0.1) is 12.2 Å². The van der Waals surface area contributed by atoms with Crippen molar-refractivity contribution in [2.75, 3.05) is 13.1 Å². The minimum Gasteiger partial charge on any atom is -0.310 e. The van der Waals surface area contributed by atoms with Gasteiger partial charge in [0.25, 0.3) is 0 Å². The van der Waals surface area contributed by atoms with E-state index in [-0.39, 0.29) is 0 Å². The molecule has 0 spiro atoms. The van der Waals surface area contributed by atoms with Crippen molar-refractivity contribution < 1.29 is 0 Å². The van der Waals surface area contributed by atoms with E-state index < -0.39 is 0 Å². The topological polar surface area (TPSA) is 28.2 Å². The Morgan fingerprint density at radius 1 is 1.21 bits per heavy atom. The Labute approximate surface area is 121 Å². The molecule has 1 aliphatic rings. The van der Waals surface area contributed by atoms with Crippen molar-refractivity contribution in [3.05, 3.63) is 15.6 Å². The van der Waals surface area contributed by atoms with Crippen LogP contribution in [0, 0.1) is 0 Å². The van der Waals surface area contributed by atoms with E-state index in [4.69, 9.17) is 4.98 Å². The molecule has 19 heavy (non-hydrogen) atoms. The quantitative estimate of drug-likeness (QED) is 0.866. The highest BCUT2D eigenvalue weighted by molar-refractivity contribution is 7.11. The average molecular weight is 281 g/mol. The van der Waals surface area contributed by atoms with Gasteiger partial charge < -0.3 is 5.32 Å². The molecule has 0 radical (unpaired) electrons. The maximum Gasteiger partial charge on any atom is 0.107 e. The van der Waals surface area contributed by atoms with E-state index >= 15 is 0 Å². The smallest absolute Gasteiger partial charge is 0.107 e. The Balaban J connectivity index is 2.05. The molecule has 4 heteroatoms. The molecule has 1 aromatic heterocycles. The Bertz CT molecular complexity index is 392. The summed E-state index contributed by atoms with van der Waals surface area (Å²) in [5.41, 5.74) is 1.30. The molecule has 108 valence electrons. The molecular formula is C15H27N3S. The lowest BCUT2D eigenvalue weighted by atomic mass is 10.1. The molecule has 0 bridgehead atoms. The van der Waals surface area contributed by atoms with Crippen molar-refractivity contribution in [2.24, 2.45) is 0 Å². The van der Waals surface area contributed by atoms with E-state index in [2.05, 4.69) is 37.9 Å². The first kappa shape index (κ1) is 14.9. The molecule has 1 aromatic rings. The summed E-state index contributed by atoms with van der Waals surface area (Å²) < 4.78 is 0. The zero-order valence-electron chi connectivity index (χ0n) is 12.7. The van der Waals surface area contributed by atoms with Gasteiger partial charge in [-0.05, 0) is 31.8 Å². The zero-order valence-corrected chi connectivity index (χ0v) is 13.5. The molecule has 3 nitrogen and oxygen atoms in total. The van der Waals surface area contributed by atoms with Crippen molar-refractivity contribution >= 4 is 11.3 Å². The average Bonchev–Trinajstić information content (AvgIpc) is 2.96. The zero-order chi connectivity index (χ0) is 13.8. The van der Waals surface area contributed by atoms with Gasteiger partial charge in [-0.1, -0.05) is 27.7 Å². The molecule has 0 amide bonds. The van der Waals surface area contributed by atoms with Gasteiger partial charge in [-0.2, -0.15) is 0 Å². The lowest BCUT2D eigenvalue weighted by Gasteiger charge is -2.11. The molecule has 0 saturated carbocycles. The van der Waals surface area contributed by atoms with E-state index in [9.17, 15) is 0 Å². The molecule has 0 unspecified atom stereocenters. The van der Waals surface area contributed by atoms with Gasteiger partial charge in [-0.15, -0.1) is 11.3 Å². The van der Waals surface area contributed by atoms with Gasteiger partial charge >= 0.3 is 0 Å². The van der Waals surface area contributed by atoms with Crippen molar-refractivity contribution in [1.29, 1.82) is 0 Å². The van der Waals surface area contributed by atoms with Gasteiger partial charge in [0.1, 0.15) is 5.01 Å². The minimum absolute atomic E-state index is 0.521. The fourth-order valence-corrected chi connectivity index (χ4v) is 3.71. The van der Waals surface area contributed by atoms with Crippen LogP contribution in [0.5, 0.6) is 0 Å². The lowest BCUT2D eigenvalue weighted by Crippen LogP contribution is -2.22. The predicted octanol–water partition coefficient (Wildman–Crippen LogP) is 3.36. The van der Waals surface area contributed by atoms with E-state index in [1.165, 1.54) is 41.5 Å². The number of likely N-dealkylation sites (tertiary alicyclic amines) is 1. The molecule has 2 heterocycles. The van der Waals surface area contributed by atoms with Gasteiger partial charge in [0.2, 0.25) is 0 Å². The van der Waals surface area contributed by atoms with Crippen LogP contribution in [0.3, 0.4) is 0 Å². The van der Waals surface area contributed by atoms with Crippen molar-refractivity contribution in [3.8, 4) is 0 Å². The summed E-state index contributed by atoms with van der Waals surface area (Å²) in [7, 11) is 0. The number of nitrogens with one attached hydrogen (secondary N) is 1. The Morgan fingerprint density at radius 2 is 1.89 bits per heavy atom. The highest BCUT2D eigenvalue weighted by atomic mass is 32.1. The molecule has 1 N–H and O–H groups in total. The highest BCUT2D eigenvalue weighted by Crippen LogP contribution is 2.26. The summed E-state index contributed by atoms with van der Waals surface area (Å²) in [6, 6.07) is 0.532. The Hall–Kier alpha value is -0.450. The van der Waals surface area contributed by atoms with Crippen LogP contribution in [0.25, 0.3) is 0 Å². The summed E-state index contributed by atoms with van der Waals surface area (Å²) in [6.45, 7) is 13.4. The predicted molar refractivity (Wildman–Crippen MR) is 82.7 cm³/mol.